The van der Waals surface area contributed by atoms with Crippen molar-refractivity contribution in [2.45, 2.75) is 62.6 Å². The van der Waals surface area contributed by atoms with Gasteiger partial charge in [-0.2, -0.15) is 0 Å². The van der Waals surface area contributed by atoms with E-state index < -0.39 is 28.5 Å². The number of carbonyl (C=O) groups is 2. The number of amides is 2. The molecule has 0 heterocycles. The summed E-state index contributed by atoms with van der Waals surface area (Å²) in [4.78, 5) is 30.2. The minimum Gasteiger partial charge on any atom is -0.352 e. The molecule has 5 rings (SSSR count). The van der Waals surface area contributed by atoms with Crippen LogP contribution in [0.1, 0.15) is 42.4 Å². The van der Waals surface area contributed by atoms with Crippen molar-refractivity contribution in [3.63, 3.8) is 0 Å². The Labute approximate surface area is 281 Å². The van der Waals surface area contributed by atoms with E-state index in [0.29, 0.717) is 0 Å². The number of carbonyl (C=O) groups excluding carboxylic acids is 2. The molecule has 1 N–H and O–H groups in total. The van der Waals surface area contributed by atoms with Gasteiger partial charge >= 0.3 is 0 Å². The van der Waals surface area contributed by atoms with E-state index in [-0.39, 0.29) is 45.5 Å². The summed E-state index contributed by atoms with van der Waals surface area (Å²) in [5.74, 6) is -0.806. The normalized spacial score (nSPS) is 14.1. The molecular formula is C36H37Cl2N3O4S. The predicted molar refractivity (Wildman–Crippen MR) is 183 cm³/mol. The highest BCUT2D eigenvalue weighted by atomic mass is 35.5. The summed E-state index contributed by atoms with van der Waals surface area (Å²) in [5.41, 5.74) is 2.84. The summed E-state index contributed by atoms with van der Waals surface area (Å²) in [5, 5.41) is 3.63. The van der Waals surface area contributed by atoms with E-state index in [1.165, 1.54) is 35.2 Å². The van der Waals surface area contributed by atoms with Gasteiger partial charge in [0.2, 0.25) is 11.8 Å². The molecule has 4 aromatic carbocycles. The first kappa shape index (κ1) is 33.5. The van der Waals surface area contributed by atoms with Crippen LogP contribution in [0.15, 0.2) is 108 Å². The predicted octanol–water partition coefficient (Wildman–Crippen LogP) is 7.20. The molecule has 1 atom stereocenters. The zero-order valence-electron chi connectivity index (χ0n) is 25.6. The zero-order chi connectivity index (χ0) is 32.7. The average Bonchev–Trinajstić information content (AvgIpc) is 3.55. The highest BCUT2D eigenvalue weighted by Crippen LogP contribution is 2.30. The number of sulfonamides is 1. The largest absolute Gasteiger partial charge is 0.352 e. The number of nitrogens with zero attached hydrogens (tertiary/aromatic N) is 2. The van der Waals surface area contributed by atoms with Crippen LogP contribution < -0.4 is 9.62 Å². The maximum Gasteiger partial charge on any atom is 0.264 e. The maximum absolute atomic E-state index is 14.6. The summed E-state index contributed by atoms with van der Waals surface area (Å²) < 4.78 is 29.3. The van der Waals surface area contributed by atoms with Crippen molar-refractivity contribution in [2.24, 2.45) is 0 Å². The Balaban J connectivity index is 1.58. The van der Waals surface area contributed by atoms with E-state index in [1.54, 1.807) is 18.2 Å². The van der Waals surface area contributed by atoms with E-state index in [0.717, 1.165) is 46.7 Å². The molecule has 46 heavy (non-hydrogen) atoms. The molecule has 0 aromatic heterocycles. The van der Waals surface area contributed by atoms with Gasteiger partial charge in [0.05, 0.1) is 10.6 Å². The molecule has 1 saturated carbocycles. The quantitative estimate of drug-likeness (QED) is 0.172. The molecule has 0 aliphatic heterocycles. The van der Waals surface area contributed by atoms with Crippen molar-refractivity contribution in [1.29, 1.82) is 0 Å². The minimum atomic E-state index is -4.25. The zero-order valence-corrected chi connectivity index (χ0v) is 27.9. The topological polar surface area (TPSA) is 86.8 Å². The SMILES string of the molecule is Cc1cccc(CN(C(=O)CN(c2cc(Cl)cc(Cl)c2)S(=O)(=O)c2ccccc2)C(Cc2ccccc2)C(=O)NC2CCCC2)c1. The molecule has 0 bridgehead atoms. The third kappa shape index (κ3) is 8.49. The molecule has 1 aliphatic rings. The molecule has 4 aromatic rings. The van der Waals surface area contributed by atoms with E-state index in [2.05, 4.69) is 5.32 Å². The second-order valence-corrected chi connectivity index (χ2v) is 14.4. The minimum absolute atomic E-state index is 0.00365. The maximum atomic E-state index is 14.6. The van der Waals surface area contributed by atoms with Gasteiger partial charge in [0.1, 0.15) is 12.6 Å². The lowest BCUT2D eigenvalue weighted by Crippen LogP contribution is -2.54. The smallest absolute Gasteiger partial charge is 0.264 e. The Hall–Kier alpha value is -3.85. The van der Waals surface area contributed by atoms with Crippen molar-refractivity contribution in [3.8, 4) is 0 Å². The number of hydrogen-bond donors (Lipinski definition) is 1. The highest BCUT2D eigenvalue weighted by molar-refractivity contribution is 7.92. The first-order valence-corrected chi connectivity index (χ1v) is 17.5. The summed E-state index contributed by atoms with van der Waals surface area (Å²) >= 11 is 12.6. The second kappa shape index (κ2) is 15.2. The third-order valence-electron chi connectivity index (χ3n) is 8.15. The van der Waals surface area contributed by atoms with Crippen molar-refractivity contribution >= 4 is 50.7 Å². The number of rotatable bonds is 12. The van der Waals surface area contributed by atoms with Crippen molar-refractivity contribution in [3.05, 3.63) is 130 Å². The van der Waals surface area contributed by atoms with Crippen LogP contribution in [0.4, 0.5) is 5.69 Å². The van der Waals surface area contributed by atoms with Crippen LogP contribution in [0.25, 0.3) is 0 Å². The van der Waals surface area contributed by atoms with Gasteiger partial charge in [-0.25, -0.2) is 8.42 Å². The lowest BCUT2D eigenvalue weighted by Gasteiger charge is -2.34. The van der Waals surface area contributed by atoms with Crippen LogP contribution in [0, 0.1) is 6.92 Å². The Kier molecular flexibility index (Phi) is 11.0. The Bertz CT molecular complexity index is 1740. The van der Waals surface area contributed by atoms with Crippen molar-refractivity contribution in [1.82, 2.24) is 10.2 Å². The summed E-state index contributed by atoms with van der Waals surface area (Å²) in [6.45, 7) is 1.48. The number of aryl methyl sites for hydroxylation is 1. The number of anilines is 1. The fourth-order valence-corrected chi connectivity index (χ4v) is 7.79. The van der Waals surface area contributed by atoms with Gasteiger partial charge in [0, 0.05) is 29.1 Å². The van der Waals surface area contributed by atoms with Gasteiger partial charge < -0.3 is 10.2 Å². The molecule has 0 spiro atoms. The third-order valence-corrected chi connectivity index (χ3v) is 10.4. The molecular weight excluding hydrogens is 641 g/mol. The molecule has 10 heteroatoms. The Morgan fingerprint density at radius 1 is 0.826 bits per heavy atom. The number of halogens is 2. The lowest BCUT2D eigenvalue weighted by molar-refractivity contribution is -0.140. The molecule has 1 unspecified atom stereocenters. The van der Waals surface area contributed by atoms with Crippen LogP contribution in [0.5, 0.6) is 0 Å². The van der Waals surface area contributed by atoms with E-state index in [4.69, 9.17) is 23.2 Å². The molecule has 0 radical (unpaired) electrons. The van der Waals surface area contributed by atoms with Gasteiger partial charge in [0.15, 0.2) is 0 Å². The molecule has 240 valence electrons. The molecule has 0 saturated heterocycles. The summed E-state index contributed by atoms with van der Waals surface area (Å²) in [6.07, 6.45) is 4.09. The average molecular weight is 679 g/mol. The first-order chi connectivity index (χ1) is 22.1. The Morgan fingerprint density at radius 2 is 1.43 bits per heavy atom. The van der Waals surface area contributed by atoms with Crippen LogP contribution in [-0.4, -0.2) is 43.8 Å². The van der Waals surface area contributed by atoms with Crippen molar-refractivity contribution < 1.29 is 18.0 Å². The van der Waals surface area contributed by atoms with Gasteiger partial charge in [-0.15, -0.1) is 0 Å². The lowest BCUT2D eigenvalue weighted by atomic mass is 10.0. The Morgan fingerprint density at radius 3 is 2.07 bits per heavy atom. The fraction of sp³-hybridized carbons (Fsp3) is 0.278. The molecule has 1 aliphatic carbocycles. The van der Waals surface area contributed by atoms with Crippen LogP contribution in [0.3, 0.4) is 0 Å². The molecule has 2 amide bonds. The highest BCUT2D eigenvalue weighted by Gasteiger charge is 2.35. The fourth-order valence-electron chi connectivity index (χ4n) is 5.86. The van der Waals surface area contributed by atoms with Crippen LogP contribution in [-0.2, 0) is 32.6 Å². The van der Waals surface area contributed by atoms with Crippen LogP contribution >= 0.6 is 23.2 Å². The number of nitrogens with one attached hydrogen (secondary N) is 1. The summed E-state index contributed by atoms with van der Waals surface area (Å²) in [7, 11) is -4.25. The van der Waals surface area contributed by atoms with E-state index in [9.17, 15) is 18.0 Å². The van der Waals surface area contributed by atoms with Crippen LogP contribution in [0.2, 0.25) is 10.0 Å². The number of benzene rings is 4. The van der Waals surface area contributed by atoms with Crippen molar-refractivity contribution in [2.75, 3.05) is 10.8 Å². The first-order valence-electron chi connectivity index (χ1n) is 15.3. The van der Waals surface area contributed by atoms with Gasteiger partial charge in [-0.05, 0) is 61.2 Å². The molecule has 1 fully saturated rings. The van der Waals surface area contributed by atoms with Gasteiger partial charge in [-0.3, -0.25) is 13.9 Å². The number of hydrogen-bond acceptors (Lipinski definition) is 4. The standard InChI is InChI=1S/C36H37Cl2N3O4S/c1-26-11-10-14-28(19-26)24-40(34(20-27-12-4-2-5-13-27)36(43)39-31-15-8-9-16-31)35(42)25-41(32-22-29(37)21-30(38)23-32)46(44,45)33-17-6-3-7-18-33/h2-7,10-14,17-19,21-23,31,34H,8-9,15-16,20,24-25H2,1H3,(H,39,43). The van der Waals surface area contributed by atoms with Gasteiger partial charge in [-0.1, -0.05) is 114 Å². The van der Waals surface area contributed by atoms with Gasteiger partial charge in [0.25, 0.3) is 10.0 Å². The monoisotopic (exact) mass is 677 g/mol. The second-order valence-electron chi connectivity index (χ2n) is 11.7. The summed E-state index contributed by atoms with van der Waals surface area (Å²) in [6, 6.07) is 28.7. The van der Waals surface area contributed by atoms with E-state index in [1.807, 2.05) is 61.5 Å². The molecule has 7 nitrogen and oxygen atoms in total. The van der Waals surface area contributed by atoms with E-state index >= 15 is 0 Å².